The lowest BCUT2D eigenvalue weighted by atomic mass is 10.1. The summed E-state index contributed by atoms with van der Waals surface area (Å²) >= 11 is 7.08. The van der Waals surface area contributed by atoms with Gasteiger partial charge in [-0.25, -0.2) is 0 Å². The zero-order valence-corrected chi connectivity index (χ0v) is 14.0. The standard InChI is InChI=1S/C13H20Br2N2/c1-9(8-17(3)4)16-10(2)12-6-5-11(14)7-13(12)15/h5-7,9-10,16H,8H2,1-4H3. The molecule has 0 aromatic heterocycles. The highest BCUT2D eigenvalue weighted by atomic mass is 79.9. The van der Waals surface area contributed by atoms with Crippen molar-refractivity contribution in [1.29, 1.82) is 0 Å². The van der Waals surface area contributed by atoms with Gasteiger partial charge in [-0.3, -0.25) is 0 Å². The minimum atomic E-state index is 0.340. The number of nitrogens with one attached hydrogen (secondary N) is 1. The summed E-state index contributed by atoms with van der Waals surface area (Å²) in [4.78, 5) is 2.20. The lowest BCUT2D eigenvalue weighted by Crippen LogP contribution is -2.37. The van der Waals surface area contributed by atoms with Crippen LogP contribution in [0.3, 0.4) is 0 Å². The summed E-state index contributed by atoms with van der Waals surface area (Å²) in [6.45, 7) is 5.45. The average Bonchev–Trinajstić information content (AvgIpc) is 2.15. The van der Waals surface area contributed by atoms with Gasteiger partial charge >= 0.3 is 0 Å². The number of rotatable bonds is 5. The predicted molar refractivity (Wildman–Crippen MR) is 81.4 cm³/mol. The summed E-state index contributed by atoms with van der Waals surface area (Å²) in [5.74, 6) is 0. The van der Waals surface area contributed by atoms with Crippen molar-refractivity contribution in [3.8, 4) is 0 Å². The Bertz CT molecular complexity index is 366. The molecule has 0 fully saturated rings. The molecule has 1 aromatic rings. The molecule has 0 bridgehead atoms. The predicted octanol–water partition coefficient (Wildman–Crippen LogP) is 3.81. The van der Waals surface area contributed by atoms with E-state index < -0.39 is 0 Å². The molecule has 1 rings (SSSR count). The molecule has 1 aromatic carbocycles. The van der Waals surface area contributed by atoms with Crippen molar-refractivity contribution in [1.82, 2.24) is 10.2 Å². The van der Waals surface area contributed by atoms with E-state index in [1.807, 2.05) is 0 Å². The number of hydrogen-bond acceptors (Lipinski definition) is 2. The maximum Gasteiger partial charge on any atom is 0.0305 e. The van der Waals surface area contributed by atoms with Crippen LogP contribution in [0.15, 0.2) is 27.1 Å². The van der Waals surface area contributed by atoms with Gasteiger partial charge in [-0.05, 0) is 45.6 Å². The highest BCUT2D eigenvalue weighted by molar-refractivity contribution is 9.11. The van der Waals surface area contributed by atoms with Gasteiger partial charge in [0.15, 0.2) is 0 Å². The Kier molecular flexibility index (Phi) is 6.13. The molecule has 0 spiro atoms. The van der Waals surface area contributed by atoms with Crippen molar-refractivity contribution in [2.45, 2.75) is 25.9 Å². The lowest BCUT2D eigenvalue weighted by Gasteiger charge is -2.23. The van der Waals surface area contributed by atoms with Crippen LogP contribution in [0, 0.1) is 0 Å². The van der Waals surface area contributed by atoms with Crippen LogP contribution in [-0.4, -0.2) is 31.6 Å². The van der Waals surface area contributed by atoms with E-state index in [2.05, 4.69) is 88.2 Å². The minimum absolute atomic E-state index is 0.340. The van der Waals surface area contributed by atoms with Crippen molar-refractivity contribution in [2.75, 3.05) is 20.6 Å². The molecule has 0 saturated carbocycles. The molecule has 0 heterocycles. The molecular formula is C13H20Br2N2. The Hall–Kier alpha value is 0.1000. The lowest BCUT2D eigenvalue weighted by molar-refractivity contribution is 0.334. The second kappa shape index (κ2) is 6.88. The summed E-state index contributed by atoms with van der Waals surface area (Å²) in [6, 6.07) is 7.12. The average molecular weight is 364 g/mol. The van der Waals surface area contributed by atoms with Crippen LogP contribution in [0.4, 0.5) is 0 Å². The number of halogens is 2. The zero-order chi connectivity index (χ0) is 13.0. The SMILES string of the molecule is CC(CN(C)C)NC(C)c1ccc(Br)cc1Br. The van der Waals surface area contributed by atoms with Crippen LogP contribution in [0.25, 0.3) is 0 Å². The molecule has 2 atom stereocenters. The van der Waals surface area contributed by atoms with E-state index in [0.717, 1.165) is 15.5 Å². The molecule has 2 unspecified atom stereocenters. The quantitative estimate of drug-likeness (QED) is 0.855. The molecule has 0 amide bonds. The zero-order valence-electron chi connectivity index (χ0n) is 10.8. The molecule has 0 aliphatic rings. The van der Waals surface area contributed by atoms with Crippen LogP contribution in [0.2, 0.25) is 0 Å². The van der Waals surface area contributed by atoms with Gasteiger partial charge in [0, 0.05) is 27.6 Å². The van der Waals surface area contributed by atoms with Crippen molar-refractivity contribution >= 4 is 31.9 Å². The maximum absolute atomic E-state index is 3.61. The van der Waals surface area contributed by atoms with E-state index in [0.29, 0.717) is 12.1 Å². The first-order valence-corrected chi connectivity index (χ1v) is 7.34. The summed E-state index contributed by atoms with van der Waals surface area (Å²) in [6.07, 6.45) is 0. The van der Waals surface area contributed by atoms with E-state index in [4.69, 9.17) is 0 Å². The molecule has 1 N–H and O–H groups in total. The van der Waals surface area contributed by atoms with E-state index in [1.54, 1.807) is 0 Å². The topological polar surface area (TPSA) is 15.3 Å². The molecule has 0 aliphatic carbocycles. The Morgan fingerprint density at radius 2 is 1.88 bits per heavy atom. The second-order valence-corrected chi connectivity index (χ2v) is 6.49. The fourth-order valence-electron chi connectivity index (χ4n) is 1.97. The second-order valence-electron chi connectivity index (χ2n) is 4.72. The first-order valence-electron chi connectivity index (χ1n) is 5.76. The molecule has 2 nitrogen and oxygen atoms in total. The fraction of sp³-hybridized carbons (Fsp3) is 0.538. The summed E-state index contributed by atoms with van der Waals surface area (Å²) in [7, 11) is 4.19. The molecule has 0 saturated heterocycles. The monoisotopic (exact) mass is 362 g/mol. The van der Waals surface area contributed by atoms with Crippen LogP contribution in [0.5, 0.6) is 0 Å². The van der Waals surface area contributed by atoms with Gasteiger partial charge in [-0.15, -0.1) is 0 Å². The van der Waals surface area contributed by atoms with Gasteiger partial charge in [-0.2, -0.15) is 0 Å². The van der Waals surface area contributed by atoms with Gasteiger partial charge in [0.25, 0.3) is 0 Å². The van der Waals surface area contributed by atoms with Crippen molar-refractivity contribution < 1.29 is 0 Å². The van der Waals surface area contributed by atoms with Gasteiger partial charge in [0.05, 0.1) is 0 Å². The largest absolute Gasteiger partial charge is 0.308 e. The molecular weight excluding hydrogens is 344 g/mol. The first kappa shape index (κ1) is 15.2. The maximum atomic E-state index is 3.61. The molecule has 4 heteroatoms. The van der Waals surface area contributed by atoms with Crippen molar-refractivity contribution in [3.63, 3.8) is 0 Å². The third kappa shape index (κ3) is 5.08. The number of nitrogens with zero attached hydrogens (tertiary/aromatic N) is 1. The van der Waals surface area contributed by atoms with Crippen LogP contribution >= 0.6 is 31.9 Å². The number of hydrogen-bond donors (Lipinski definition) is 1. The smallest absolute Gasteiger partial charge is 0.0305 e. The highest BCUT2D eigenvalue weighted by Crippen LogP contribution is 2.26. The van der Waals surface area contributed by atoms with Crippen molar-refractivity contribution in [2.24, 2.45) is 0 Å². The number of likely N-dealkylation sites (N-methyl/N-ethyl adjacent to an activating group) is 1. The van der Waals surface area contributed by atoms with Gasteiger partial charge in [-0.1, -0.05) is 37.9 Å². The summed E-state index contributed by atoms with van der Waals surface area (Å²) in [5, 5.41) is 3.60. The molecule has 96 valence electrons. The van der Waals surface area contributed by atoms with Crippen molar-refractivity contribution in [3.05, 3.63) is 32.7 Å². The third-order valence-corrected chi connectivity index (χ3v) is 3.78. The minimum Gasteiger partial charge on any atom is -0.308 e. The molecule has 0 radical (unpaired) electrons. The fourth-order valence-corrected chi connectivity index (χ4v) is 3.36. The first-order chi connectivity index (χ1) is 7.90. The van der Waals surface area contributed by atoms with E-state index in [1.165, 1.54) is 5.56 Å². The van der Waals surface area contributed by atoms with Gasteiger partial charge in [0.2, 0.25) is 0 Å². The summed E-state index contributed by atoms with van der Waals surface area (Å²) in [5.41, 5.74) is 1.29. The highest BCUT2D eigenvalue weighted by Gasteiger charge is 2.12. The molecule has 17 heavy (non-hydrogen) atoms. The Morgan fingerprint density at radius 1 is 1.24 bits per heavy atom. The van der Waals surface area contributed by atoms with Crippen LogP contribution < -0.4 is 5.32 Å². The van der Waals surface area contributed by atoms with Gasteiger partial charge < -0.3 is 10.2 Å². The Labute approximate surface area is 121 Å². The van der Waals surface area contributed by atoms with Crippen LogP contribution in [0.1, 0.15) is 25.5 Å². The Morgan fingerprint density at radius 3 is 2.41 bits per heavy atom. The number of benzene rings is 1. The normalized spacial score (nSPS) is 15.0. The van der Waals surface area contributed by atoms with E-state index in [-0.39, 0.29) is 0 Å². The van der Waals surface area contributed by atoms with E-state index in [9.17, 15) is 0 Å². The van der Waals surface area contributed by atoms with Gasteiger partial charge in [0.1, 0.15) is 0 Å². The third-order valence-electron chi connectivity index (χ3n) is 2.60. The van der Waals surface area contributed by atoms with Crippen LogP contribution in [-0.2, 0) is 0 Å². The molecule has 0 aliphatic heterocycles. The van der Waals surface area contributed by atoms with E-state index >= 15 is 0 Å². The summed E-state index contributed by atoms with van der Waals surface area (Å²) < 4.78 is 2.24. The Balaban J connectivity index is 2.66.